The molecule has 4 bridgehead atoms. The quantitative estimate of drug-likeness (QED) is 0.165. The fourth-order valence-electron chi connectivity index (χ4n) is 5.68. The van der Waals surface area contributed by atoms with Crippen LogP contribution in [-0.4, -0.2) is 82.0 Å². The van der Waals surface area contributed by atoms with Crippen molar-refractivity contribution in [2.75, 3.05) is 7.11 Å². The van der Waals surface area contributed by atoms with Crippen LogP contribution in [0.3, 0.4) is 0 Å². The second-order valence-electron chi connectivity index (χ2n) is 14.5. The Bertz CT molecular complexity index is 1800. The van der Waals surface area contributed by atoms with E-state index in [-0.39, 0.29) is 35.9 Å². The summed E-state index contributed by atoms with van der Waals surface area (Å²) in [6.45, 7) is 11.0. The predicted octanol–water partition coefficient (Wildman–Crippen LogP) is 7.25. The van der Waals surface area contributed by atoms with E-state index in [1.165, 1.54) is 12.5 Å². The molecule has 2 aliphatic heterocycles. The first-order valence-electron chi connectivity index (χ1n) is 18.4. The number of cyclic esters (lactones) is 2. The largest absolute Gasteiger partial charge is 0.457 e. The van der Waals surface area contributed by atoms with E-state index in [1.54, 1.807) is 49.6 Å². The summed E-state index contributed by atoms with van der Waals surface area (Å²) in [4.78, 5) is 35.2. The first-order chi connectivity index (χ1) is 26.3. The normalized spacial score (nSPS) is 28.3. The van der Waals surface area contributed by atoms with Crippen LogP contribution in [-0.2, 0) is 25.4 Å². The minimum Gasteiger partial charge on any atom is -0.457 e. The Hall–Kier alpha value is -4.88. The highest BCUT2D eigenvalue weighted by Crippen LogP contribution is 2.34. The number of fused-ring (bicyclic) bond motifs is 5. The van der Waals surface area contributed by atoms with Crippen molar-refractivity contribution in [1.29, 1.82) is 0 Å². The lowest BCUT2D eigenvalue weighted by Crippen LogP contribution is -2.42. The molecule has 0 amide bonds. The van der Waals surface area contributed by atoms with E-state index < -0.39 is 53.3 Å². The van der Waals surface area contributed by atoms with Crippen LogP contribution in [0.2, 0.25) is 0 Å². The molecule has 1 saturated heterocycles. The van der Waals surface area contributed by atoms with Gasteiger partial charge in [-0.15, -0.1) is 0 Å². The van der Waals surface area contributed by atoms with Crippen LogP contribution < -0.4 is 0 Å². The summed E-state index contributed by atoms with van der Waals surface area (Å²) in [5.41, 5.74) is -1.66. The molecule has 2 aromatic heterocycles. The van der Waals surface area contributed by atoms with E-state index in [0.29, 0.717) is 18.7 Å². The molecule has 0 saturated carbocycles. The fourth-order valence-corrected chi connectivity index (χ4v) is 5.68. The molecule has 12 heteroatoms. The summed E-state index contributed by atoms with van der Waals surface area (Å²) >= 11 is 0. The molecule has 0 radical (unpaired) electrons. The number of esters is 2. The lowest BCUT2D eigenvalue weighted by Gasteiger charge is -2.36. The first-order valence-corrected chi connectivity index (χ1v) is 18.4. The van der Waals surface area contributed by atoms with Crippen LogP contribution in [0.25, 0.3) is 6.08 Å². The van der Waals surface area contributed by atoms with Gasteiger partial charge in [-0.1, -0.05) is 119 Å². The molecule has 2 aliphatic rings. The number of nitrogens with zero attached hydrogens (tertiary/aromatic N) is 2. The van der Waals surface area contributed by atoms with Gasteiger partial charge < -0.3 is 38.0 Å². The zero-order valence-corrected chi connectivity index (χ0v) is 32.6. The lowest BCUT2D eigenvalue weighted by molar-refractivity contribution is -0.0461. The van der Waals surface area contributed by atoms with Crippen LogP contribution in [0.5, 0.6) is 0 Å². The Balaban J connectivity index is 1.58. The standard InChI is InChI=1S/C43H54N2O10/c1-8-18-34(46)42(3,4)36-23-14-12-10-11-13-20-29(50-7)26-39-45-31(28-52-39)41(49)55-37(43(5,6)35(47)19-9-2)24-17-22-33-32(53-33)21-15-16-25-38-44-30(27-51-38)40(48)54-36/h8-22,25,27-29,32-37,46-47H,23-24,26H2,1-7H3/b11-10-,14-12-,18-8+,19-9+,20-13+,21-15+,22-17-,25-16+/t29?,32-,33+,34?,35?,36?,37?/m0/s1. The zero-order valence-electron chi connectivity index (χ0n) is 32.6. The summed E-state index contributed by atoms with van der Waals surface area (Å²) in [5.74, 6) is -0.828. The van der Waals surface area contributed by atoms with Crippen molar-refractivity contribution < 1.29 is 47.6 Å². The number of rotatable bonds is 7. The molecule has 2 aromatic rings. The van der Waals surface area contributed by atoms with Crippen molar-refractivity contribution in [3.8, 4) is 0 Å². The van der Waals surface area contributed by atoms with E-state index in [0.717, 1.165) is 0 Å². The maximum Gasteiger partial charge on any atom is 0.360 e. The number of aliphatic hydroxyl groups is 2. The van der Waals surface area contributed by atoms with E-state index in [9.17, 15) is 19.8 Å². The molecule has 12 nitrogen and oxygen atoms in total. The topological polar surface area (TPSA) is 167 Å². The second-order valence-corrected chi connectivity index (χ2v) is 14.5. The number of ether oxygens (including phenoxy) is 4. The molecule has 296 valence electrons. The summed E-state index contributed by atoms with van der Waals surface area (Å²) in [7, 11) is 1.56. The van der Waals surface area contributed by atoms with E-state index in [2.05, 4.69) is 9.97 Å². The predicted molar refractivity (Wildman–Crippen MR) is 208 cm³/mol. The Labute approximate surface area is 323 Å². The van der Waals surface area contributed by atoms with Crippen molar-refractivity contribution in [1.82, 2.24) is 9.97 Å². The molecule has 4 heterocycles. The third kappa shape index (κ3) is 12.3. The number of carbonyl (C=O) groups excluding carboxylic acids is 2. The van der Waals surface area contributed by atoms with Gasteiger partial charge in [0, 0.05) is 36.9 Å². The number of methoxy groups -OCH3 is 1. The highest BCUT2D eigenvalue weighted by molar-refractivity contribution is 5.87. The SMILES string of the molecule is C/C=C/C(O)C(C)(C)C1C\C=C/C=C\C=C\C(OC)Cc2nc(co2)C(=O)OC(C(C)(C)C(O)/C=C/C)C/C=C\[C@H]2O[C@H]2/C=C/C=C/c2nc(co2)C(=O)O1. The third-order valence-corrected chi connectivity index (χ3v) is 9.64. The van der Waals surface area contributed by atoms with Crippen LogP contribution >= 0.6 is 0 Å². The number of hydrogen-bond acceptors (Lipinski definition) is 12. The molecular weight excluding hydrogens is 704 g/mol. The smallest absolute Gasteiger partial charge is 0.360 e. The van der Waals surface area contributed by atoms with Gasteiger partial charge in [0.25, 0.3) is 0 Å². The number of oxazole rings is 2. The first kappa shape index (κ1) is 42.9. The van der Waals surface area contributed by atoms with Crippen LogP contribution in [0.1, 0.15) is 87.1 Å². The zero-order chi connectivity index (χ0) is 40.0. The Morgan fingerprint density at radius 2 is 1.31 bits per heavy atom. The maximum atomic E-state index is 13.3. The van der Waals surface area contributed by atoms with Gasteiger partial charge in [0.05, 0.1) is 24.7 Å². The second kappa shape index (κ2) is 20.2. The van der Waals surface area contributed by atoms with Gasteiger partial charge in [0.2, 0.25) is 5.89 Å². The van der Waals surface area contributed by atoms with Gasteiger partial charge in [-0.05, 0) is 13.8 Å². The monoisotopic (exact) mass is 758 g/mol. The Morgan fingerprint density at radius 3 is 1.95 bits per heavy atom. The minimum absolute atomic E-state index is 0.00780. The highest BCUT2D eigenvalue weighted by atomic mass is 16.6. The van der Waals surface area contributed by atoms with E-state index in [4.69, 9.17) is 27.8 Å². The number of epoxide rings is 1. The van der Waals surface area contributed by atoms with Gasteiger partial charge in [-0.25, -0.2) is 19.6 Å². The fraction of sp³-hybridized carbons (Fsp3) is 0.442. The number of aromatic nitrogens is 2. The summed E-state index contributed by atoms with van der Waals surface area (Å²) in [5, 5.41) is 21.8. The Morgan fingerprint density at radius 1 is 0.745 bits per heavy atom. The van der Waals surface area contributed by atoms with Crippen molar-refractivity contribution >= 4 is 18.0 Å². The van der Waals surface area contributed by atoms with Gasteiger partial charge >= 0.3 is 11.9 Å². The highest BCUT2D eigenvalue weighted by Gasteiger charge is 2.40. The van der Waals surface area contributed by atoms with Gasteiger partial charge in [0.15, 0.2) is 17.3 Å². The molecule has 0 aromatic carbocycles. The molecule has 0 spiro atoms. The van der Waals surface area contributed by atoms with Crippen molar-refractivity contribution in [3.63, 3.8) is 0 Å². The lowest BCUT2D eigenvalue weighted by atomic mass is 9.79. The molecule has 0 aliphatic carbocycles. The average Bonchev–Trinajstić information content (AvgIpc) is 3.47. The van der Waals surface area contributed by atoms with Crippen LogP contribution in [0, 0.1) is 10.8 Å². The maximum absolute atomic E-state index is 13.3. The molecule has 4 rings (SSSR count). The third-order valence-electron chi connectivity index (χ3n) is 9.64. The molecule has 1 fully saturated rings. The van der Waals surface area contributed by atoms with E-state index >= 15 is 0 Å². The van der Waals surface area contributed by atoms with Crippen LogP contribution in [0.15, 0.2) is 113 Å². The van der Waals surface area contributed by atoms with Crippen molar-refractivity contribution in [3.05, 3.63) is 127 Å². The summed E-state index contributed by atoms with van der Waals surface area (Å²) in [6.07, 6.45) is 28.0. The number of carbonyl (C=O) groups is 2. The summed E-state index contributed by atoms with van der Waals surface area (Å²) in [6, 6.07) is 0. The van der Waals surface area contributed by atoms with Crippen LogP contribution in [0.4, 0.5) is 0 Å². The van der Waals surface area contributed by atoms with Gasteiger partial charge in [0.1, 0.15) is 36.9 Å². The molecule has 2 N–H and O–H groups in total. The molecule has 5 unspecified atom stereocenters. The molecule has 55 heavy (non-hydrogen) atoms. The van der Waals surface area contributed by atoms with Crippen molar-refractivity contribution in [2.24, 2.45) is 10.8 Å². The van der Waals surface area contributed by atoms with Gasteiger partial charge in [-0.3, -0.25) is 0 Å². The van der Waals surface area contributed by atoms with Crippen molar-refractivity contribution in [2.45, 2.75) is 104 Å². The van der Waals surface area contributed by atoms with E-state index in [1.807, 2.05) is 96.2 Å². The number of hydrogen-bond donors (Lipinski definition) is 2. The average molecular weight is 759 g/mol. The number of aliphatic hydroxyl groups excluding tert-OH is 2. The molecular formula is C43H54N2O10. The Kier molecular flexibility index (Phi) is 15.7. The minimum atomic E-state index is -0.880. The van der Waals surface area contributed by atoms with Gasteiger partial charge in [-0.2, -0.15) is 0 Å². The molecule has 7 atom stereocenters. The summed E-state index contributed by atoms with van der Waals surface area (Å²) < 4.78 is 34.3. The number of allylic oxidation sites excluding steroid dienone is 8.